The lowest BCUT2D eigenvalue weighted by Crippen LogP contribution is -2.30. The SMILES string of the molecule is CCN(C)C(=O)Cn1c(CCN)nc2ccccc21. The van der Waals surface area contributed by atoms with Crippen LogP contribution >= 0.6 is 0 Å². The lowest BCUT2D eigenvalue weighted by atomic mass is 10.3. The summed E-state index contributed by atoms with van der Waals surface area (Å²) in [4.78, 5) is 18.3. The van der Waals surface area contributed by atoms with Gasteiger partial charge in [0.1, 0.15) is 12.4 Å². The first-order chi connectivity index (χ1) is 9.17. The van der Waals surface area contributed by atoms with Gasteiger partial charge in [0.05, 0.1) is 11.0 Å². The summed E-state index contributed by atoms with van der Waals surface area (Å²) in [5.41, 5.74) is 7.52. The lowest BCUT2D eigenvalue weighted by Gasteiger charge is -2.16. The zero-order valence-corrected chi connectivity index (χ0v) is 11.5. The van der Waals surface area contributed by atoms with Crippen molar-refractivity contribution in [2.75, 3.05) is 20.1 Å². The zero-order chi connectivity index (χ0) is 13.8. The number of carbonyl (C=O) groups is 1. The Morgan fingerprint density at radius 2 is 2.16 bits per heavy atom. The monoisotopic (exact) mass is 260 g/mol. The fourth-order valence-electron chi connectivity index (χ4n) is 2.05. The first-order valence-electron chi connectivity index (χ1n) is 6.55. The molecule has 0 aliphatic heterocycles. The topological polar surface area (TPSA) is 64.2 Å². The molecule has 0 radical (unpaired) electrons. The smallest absolute Gasteiger partial charge is 0.242 e. The molecule has 0 unspecified atom stereocenters. The zero-order valence-electron chi connectivity index (χ0n) is 11.5. The van der Waals surface area contributed by atoms with Crippen molar-refractivity contribution < 1.29 is 4.79 Å². The van der Waals surface area contributed by atoms with Crippen molar-refractivity contribution >= 4 is 16.9 Å². The standard InChI is InChI=1S/C14H20N4O/c1-3-17(2)14(19)10-18-12-7-5-4-6-11(12)16-13(18)8-9-15/h4-7H,3,8-10,15H2,1-2H3. The maximum atomic E-state index is 12.1. The van der Waals surface area contributed by atoms with Crippen LogP contribution in [-0.2, 0) is 17.8 Å². The van der Waals surface area contributed by atoms with Crippen molar-refractivity contribution in [3.05, 3.63) is 30.1 Å². The Morgan fingerprint density at radius 3 is 2.84 bits per heavy atom. The number of rotatable bonds is 5. The van der Waals surface area contributed by atoms with Gasteiger partial charge in [0.2, 0.25) is 5.91 Å². The molecule has 0 saturated carbocycles. The average Bonchev–Trinajstić information content (AvgIpc) is 2.76. The summed E-state index contributed by atoms with van der Waals surface area (Å²) in [6, 6.07) is 7.86. The van der Waals surface area contributed by atoms with Crippen molar-refractivity contribution in [3.63, 3.8) is 0 Å². The number of amides is 1. The van der Waals surface area contributed by atoms with Gasteiger partial charge in [0.15, 0.2) is 0 Å². The van der Waals surface area contributed by atoms with Gasteiger partial charge >= 0.3 is 0 Å². The molecule has 1 amide bonds. The van der Waals surface area contributed by atoms with E-state index in [0.717, 1.165) is 16.9 Å². The molecule has 1 aromatic carbocycles. The quantitative estimate of drug-likeness (QED) is 0.873. The number of aromatic nitrogens is 2. The van der Waals surface area contributed by atoms with Crippen LogP contribution in [0.2, 0.25) is 0 Å². The van der Waals surface area contributed by atoms with Crippen molar-refractivity contribution in [2.24, 2.45) is 5.73 Å². The molecular weight excluding hydrogens is 240 g/mol. The van der Waals surface area contributed by atoms with E-state index in [1.165, 1.54) is 0 Å². The summed E-state index contributed by atoms with van der Waals surface area (Å²) in [5.74, 6) is 0.963. The molecule has 0 atom stereocenters. The van der Waals surface area contributed by atoms with Gasteiger partial charge in [-0.05, 0) is 25.6 Å². The highest BCUT2D eigenvalue weighted by Gasteiger charge is 2.14. The van der Waals surface area contributed by atoms with Crippen molar-refractivity contribution in [3.8, 4) is 0 Å². The van der Waals surface area contributed by atoms with Crippen LogP contribution in [0, 0.1) is 0 Å². The summed E-state index contributed by atoms with van der Waals surface area (Å²) in [6.07, 6.45) is 0.678. The van der Waals surface area contributed by atoms with Crippen molar-refractivity contribution in [1.82, 2.24) is 14.5 Å². The minimum atomic E-state index is 0.0870. The highest BCUT2D eigenvalue weighted by molar-refractivity contribution is 5.81. The van der Waals surface area contributed by atoms with E-state index in [0.29, 0.717) is 26.1 Å². The first kappa shape index (κ1) is 13.5. The number of hydrogen-bond acceptors (Lipinski definition) is 3. The van der Waals surface area contributed by atoms with Gasteiger partial charge in [0.25, 0.3) is 0 Å². The number of likely N-dealkylation sites (N-methyl/N-ethyl adjacent to an activating group) is 1. The van der Waals surface area contributed by atoms with Gasteiger partial charge in [-0.15, -0.1) is 0 Å². The van der Waals surface area contributed by atoms with E-state index in [-0.39, 0.29) is 5.91 Å². The van der Waals surface area contributed by atoms with Crippen LogP contribution in [-0.4, -0.2) is 40.5 Å². The Morgan fingerprint density at radius 1 is 1.42 bits per heavy atom. The van der Waals surface area contributed by atoms with E-state index >= 15 is 0 Å². The fourth-order valence-corrected chi connectivity index (χ4v) is 2.05. The third kappa shape index (κ3) is 2.76. The number of benzene rings is 1. The predicted molar refractivity (Wildman–Crippen MR) is 75.8 cm³/mol. The van der Waals surface area contributed by atoms with Gasteiger partial charge < -0.3 is 15.2 Å². The second-order valence-electron chi connectivity index (χ2n) is 4.55. The number of para-hydroxylation sites is 2. The van der Waals surface area contributed by atoms with Crippen LogP contribution in [0.5, 0.6) is 0 Å². The number of nitrogens with zero attached hydrogens (tertiary/aromatic N) is 3. The van der Waals surface area contributed by atoms with E-state index in [1.54, 1.807) is 4.90 Å². The van der Waals surface area contributed by atoms with E-state index < -0.39 is 0 Å². The van der Waals surface area contributed by atoms with Crippen molar-refractivity contribution in [2.45, 2.75) is 19.9 Å². The summed E-state index contributed by atoms with van der Waals surface area (Å²) >= 11 is 0. The molecule has 0 fully saturated rings. The van der Waals surface area contributed by atoms with Crippen LogP contribution in [0.3, 0.4) is 0 Å². The molecule has 1 heterocycles. The lowest BCUT2D eigenvalue weighted by molar-refractivity contribution is -0.130. The predicted octanol–water partition coefficient (Wildman–Crippen LogP) is 1.02. The highest BCUT2D eigenvalue weighted by Crippen LogP contribution is 2.16. The molecule has 19 heavy (non-hydrogen) atoms. The Labute approximate surface area is 113 Å². The average molecular weight is 260 g/mol. The molecule has 0 aliphatic carbocycles. The van der Waals surface area contributed by atoms with Gasteiger partial charge in [-0.1, -0.05) is 12.1 Å². The molecule has 2 N–H and O–H groups in total. The maximum absolute atomic E-state index is 12.1. The molecule has 0 saturated heterocycles. The molecule has 0 aliphatic rings. The Hall–Kier alpha value is -1.88. The summed E-state index contributed by atoms with van der Waals surface area (Å²) in [7, 11) is 1.81. The molecule has 5 nitrogen and oxygen atoms in total. The number of nitrogens with two attached hydrogens (primary N) is 1. The molecule has 0 bridgehead atoms. The largest absolute Gasteiger partial charge is 0.344 e. The van der Waals surface area contributed by atoms with Crippen LogP contribution in [0.25, 0.3) is 11.0 Å². The highest BCUT2D eigenvalue weighted by atomic mass is 16.2. The number of fused-ring (bicyclic) bond motifs is 1. The Bertz CT molecular complexity index is 576. The second-order valence-corrected chi connectivity index (χ2v) is 4.55. The molecule has 102 valence electrons. The van der Waals surface area contributed by atoms with Gasteiger partial charge in [-0.3, -0.25) is 4.79 Å². The maximum Gasteiger partial charge on any atom is 0.242 e. The van der Waals surface area contributed by atoms with E-state index in [1.807, 2.05) is 42.8 Å². The van der Waals surface area contributed by atoms with Crippen LogP contribution in [0.15, 0.2) is 24.3 Å². The molecule has 2 aromatic rings. The number of carbonyl (C=O) groups excluding carboxylic acids is 1. The molecule has 0 spiro atoms. The third-order valence-electron chi connectivity index (χ3n) is 3.30. The van der Waals surface area contributed by atoms with Crippen LogP contribution < -0.4 is 5.73 Å². The molecule has 2 rings (SSSR count). The summed E-state index contributed by atoms with van der Waals surface area (Å²) in [6.45, 7) is 3.52. The Balaban J connectivity index is 2.38. The first-order valence-corrected chi connectivity index (χ1v) is 6.55. The minimum Gasteiger partial charge on any atom is -0.344 e. The van der Waals surface area contributed by atoms with Crippen molar-refractivity contribution in [1.29, 1.82) is 0 Å². The van der Waals surface area contributed by atoms with E-state index in [2.05, 4.69) is 4.98 Å². The number of hydrogen-bond donors (Lipinski definition) is 1. The Kier molecular flexibility index (Phi) is 4.16. The van der Waals surface area contributed by atoms with E-state index in [9.17, 15) is 4.79 Å². The third-order valence-corrected chi connectivity index (χ3v) is 3.30. The van der Waals surface area contributed by atoms with Crippen LogP contribution in [0.4, 0.5) is 0 Å². The van der Waals surface area contributed by atoms with Crippen LogP contribution in [0.1, 0.15) is 12.7 Å². The number of imidazole rings is 1. The second kappa shape index (κ2) is 5.84. The van der Waals surface area contributed by atoms with Gasteiger partial charge in [-0.2, -0.15) is 0 Å². The van der Waals surface area contributed by atoms with E-state index in [4.69, 9.17) is 5.73 Å². The summed E-state index contributed by atoms with van der Waals surface area (Å²) in [5, 5.41) is 0. The minimum absolute atomic E-state index is 0.0870. The normalized spacial score (nSPS) is 10.9. The molecule has 5 heteroatoms. The molecule has 1 aromatic heterocycles. The van der Waals surface area contributed by atoms with Gasteiger partial charge in [0, 0.05) is 20.0 Å². The molecular formula is C14H20N4O. The fraction of sp³-hybridized carbons (Fsp3) is 0.429. The van der Waals surface area contributed by atoms with Gasteiger partial charge in [-0.25, -0.2) is 4.98 Å². The summed E-state index contributed by atoms with van der Waals surface area (Å²) < 4.78 is 1.97.